The van der Waals surface area contributed by atoms with Crippen molar-refractivity contribution in [1.82, 2.24) is 0 Å². The smallest absolute Gasteiger partial charge is 0.335 e. The molecular formula is C29H21NO5. The minimum atomic E-state index is -1.02. The van der Waals surface area contributed by atoms with Crippen LogP contribution in [0.25, 0.3) is 23.1 Å². The summed E-state index contributed by atoms with van der Waals surface area (Å²) in [6.45, 7) is 0. The van der Waals surface area contributed by atoms with Crippen molar-refractivity contribution >= 4 is 29.3 Å². The Hall–Kier alpha value is -4.84. The molecule has 0 saturated carbocycles. The van der Waals surface area contributed by atoms with Crippen LogP contribution in [-0.4, -0.2) is 24.1 Å². The number of hydrogen-bond donors (Lipinski definition) is 1. The maximum Gasteiger partial charge on any atom is 0.335 e. The molecule has 172 valence electrons. The van der Waals surface area contributed by atoms with Crippen molar-refractivity contribution in [1.29, 1.82) is 0 Å². The zero-order chi connectivity index (χ0) is 24.4. The monoisotopic (exact) mass is 463 g/mol. The highest BCUT2D eigenvalue weighted by Crippen LogP contribution is 2.36. The summed E-state index contributed by atoms with van der Waals surface area (Å²) < 4.78 is 11.2. The van der Waals surface area contributed by atoms with E-state index < -0.39 is 5.97 Å². The lowest BCUT2D eigenvalue weighted by molar-refractivity contribution is -0.113. The summed E-state index contributed by atoms with van der Waals surface area (Å²) in [7, 11) is 1.62. The molecular weight excluding hydrogens is 442 g/mol. The number of aromatic carboxylic acids is 1. The number of carboxylic acid groups (broad SMARTS) is 1. The number of hydrogen-bond acceptors (Lipinski definition) is 4. The average Bonchev–Trinajstić information content (AvgIpc) is 3.49. The molecule has 6 heteroatoms. The highest BCUT2D eigenvalue weighted by atomic mass is 16.5. The molecule has 1 aliphatic heterocycles. The van der Waals surface area contributed by atoms with Crippen molar-refractivity contribution in [2.24, 2.45) is 0 Å². The number of nitrogens with zero attached hydrogens (tertiary/aromatic N) is 1. The summed E-state index contributed by atoms with van der Waals surface area (Å²) in [4.78, 5) is 26.3. The Morgan fingerprint density at radius 2 is 1.60 bits per heavy atom. The van der Waals surface area contributed by atoms with Gasteiger partial charge in [0.1, 0.15) is 17.3 Å². The van der Waals surface area contributed by atoms with Gasteiger partial charge in [-0.3, -0.25) is 9.69 Å². The van der Waals surface area contributed by atoms with Gasteiger partial charge in [0.2, 0.25) is 0 Å². The van der Waals surface area contributed by atoms with Gasteiger partial charge in [-0.2, -0.15) is 0 Å². The molecule has 2 heterocycles. The van der Waals surface area contributed by atoms with E-state index in [9.17, 15) is 14.7 Å². The van der Waals surface area contributed by atoms with Crippen LogP contribution in [0.15, 0.2) is 107 Å². The molecule has 6 nitrogen and oxygen atoms in total. The molecule has 0 radical (unpaired) electrons. The second kappa shape index (κ2) is 9.19. The number of methoxy groups -OCH3 is 1. The van der Waals surface area contributed by atoms with Gasteiger partial charge in [0, 0.05) is 16.8 Å². The number of carbonyl (C=O) groups excluding carboxylic acids is 1. The van der Waals surface area contributed by atoms with E-state index >= 15 is 0 Å². The molecule has 0 aliphatic carbocycles. The van der Waals surface area contributed by atoms with Crippen LogP contribution in [0, 0.1) is 0 Å². The summed E-state index contributed by atoms with van der Waals surface area (Å²) in [5.41, 5.74) is 3.66. The lowest BCUT2D eigenvalue weighted by atomic mass is 10.1. The molecule has 1 aliphatic rings. The average molecular weight is 463 g/mol. The van der Waals surface area contributed by atoms with Crippen molar-refractivity contribution in [2.75, 3.05) is 12.0 Å². The first-order valence-corrected chi connectivity index (χ1v) is 10.9. The molecule has 5 rings (SSSR count). The van der Waals surface area contributed by atoms with E-state index in [1.165, 1.54) is 12.1 Å². The Balaban J connectivity index is 1.50. The van der Waals surface area contributed by atoms with Crippen molar-refractivity contribution < 1.29 is 23.8 Å². The molecule has 1 amide bonds. The van der Waals surface area contributed by atoms with Gasteiger partial charge < -0.3 is 14.3 Å². The van der Waals surface area contributed by atoms with Crippen LogP contribution in [0.3, 0.4) is 0 Å². The number of carboxylic acids is 1. The van der Waals surface area contributed by atoms with Gasteiger partial charge >= 0.3 is 5.97 Å². The summed E-state index contributed by atoms with van der Waals surface area (Å²) >= 11 is 0. The van der Waals surface area contributed by atoms with Gasteiger partial charge in [0.05, 0.1) is 18.4 Å². The number of anilines is 1. The molecule has 4 aromatic rings. The van der Waals surface area contributed by atoms with E-state index in [0.717, 1.165) is 16.9 Å². The fourth-order valence-electron chi connectivity index (χ4n) is 3.94. The lowest BCUT2D eigenvalue weighted by Gasteiger charge is -2.21. The molecule has 3 aromatic carbocycles. The third-order valence-electron chi connectivity index (χ3n) is 5.72. The third-order valence-corrected chi connectivity index (χ3v) is 5.72. The summed E-state index contributed by atoms with van der Waals surface area (Å²) in [6, 6.07) is 27.0. The second-order valence-electron chi connectivity index (χ2n) is 7.92. The highest BCUT2D eigenvalue weighted by Gasteiger charge is 2.30. The summed E-state index contributed by atoms with van der Waals surface area (Å²) in [5.74, 6) is 0.738. The molecule has 0 bridgehead atoms. The molecule has 1 aromatic heterocycles. The van der Waals surface area contributed by atoms with Crippen LogP contribution < -0.4 is 9.64 Å². The quantitative estimate of drug-likeness (QED) is 0.348. The van der Waals surface area contributed by atoms with Crippen LogP contribution in [0.2, 0.25) is 0 Å². The summed E-state index contributed by atoms with van der Waals surface area (Å²) in [6.07, 6.45) is 3.53. The van der Waals surface area contributed by atoms with Gasteiger partial charge in [0.25, 0.3) is 5.91 Å². The fraction of sp³-hybridized carbons (Fsp3) is 0.0345. The van der Waals surface area contributed by atoms with Crippen LogP contribution >= 0.6 is 0 Å². The maximum atomic E-state index is 13.5. The molecule has 0 unspecified atom stereocenters. The van der Waals surface area contributed by atoms with Crippen LogP contribution in [0.5, 0.6) is 5.75 Å². The number of benzene rings is 3. The van der Waals surface area contributed by atoms with E-state index in [1.807, 2.05) is 72.8 Å². The number of rotatable bonds is 6. The number of ether oxygens (including phenoxy) is 1. The number of furan rings is 1. The Morgan fingerprint density at radius 3 is 2.26 bits per heavy atom. The molecule has 0 spiro atoms. The van der Waals surface area contributed by atoms with E-state index in [1.54, 1.807) is 30.2 Å². The van der Waals surface area contributed by atoms with Crippen molar-refractivity contribution in [2.45, 2.75) is 0 Å². The molecule has 0 saturated heterocycles. The molecule has 35 heavy (non-hydrogen) atoms. The van der Waals surface area contributed by atoms with Gasteiger partial charge in [-0.1, -0.05) is 30.3 Å². The SMILES string of the molecule is COc1ccc(-c2ccc(/C=C3\C=C(c4ccccc4)N(c4ccc(C(=O)O)cc4)C3=O)o2)cc1. The minimum Gasteiger partial charge on any atom is -0.497 e. The van der Waals surface area contributed by atoms with E-state index in [2.05, 4.69) is 0 Å². The van der Waals surface area contributed by atoms with Gasteiger partial charge in [0.15, 0.2) is 0 Å². The predicted octanol–water partition coefficient (Wildman–Crippen LogP) is 6.12. The number of amides is 1. The van der Waals surface area contributed by atoms with E-state index in [0.29, 0.717) is 28.5 Å². The first-order chi connectivity index (χ1) is 17.0. The third kappa shape index (κ3) is 4.37. The van der Waals surface area contributed by atoms with Gasteiger partial charge in [-0.15, -0.1) is 0 Å². The van der Waals surface area contributed by atoms with Gasteiger partial charge in [-0.25, -0.2) is 4.79 Å². The highest BCUT2D eigenvalue weighted by molar-refractivity contribution is 6.23. The maximum absolute atomic E-state index is 13.5. The van der Waals surface area contributed by atoms with E-state index in [-0.39, 0.29) is 11.5 Å². The fourth-order valence-corrected chi connectivity index (χ4v) is 3.94. The standard InChI is InChI=1S/C29H21NO5/c1-34-24-13-9-20(10-14-24)27-16-15-25(35-27)17-22-18-26(19-5-3-2-4-6-19)30(28(22)31)23-11-7-21(8-12-23)29(32)33/h2-18H,1H3,(H,32,33)/b22-17+. The molecule has 0 atom stereocenters. The van der Waals surface area contributed by atoms with Crippen molar-refractivity contribution in [3.8, 4) is 17.1 Å². The van der Waals surface area contributed by atoms with Crippen LogP contribution in [0.1, 0.15) is 21.7 Å². The topological polar surface area (TPSA) is 80.0 Å². The minimum absolute atomic E-state index is 0.156. The van der Waals surface area contributed by atoms with Crippen LogP contribution in [-0.2, 0) is 4.79 Å². The first-order valence-electron chi connectivity index (χ1n) is 10.9. The van der Waals surface area contributed by atoms with Crippen LogP contribution in [0.4, 0.5) is 5.69 Å². The Kier molecular flexibility index (Phi) is 5.77. The largest absolute Gasteiger partial charge is 0.497 e. The lowest BCUT2D eigenvalue weighted by Crippen LogP contribution is -2.25. The number of carbonyl (C=O) groups is 2. The molecule has 1 N–H and O–H groups in total. The molecule has 0 fully saturated rings. The Morgan fingerprint density at radius 1 is 0.886 bits per heavy atom. The van der Waals surface area contributed by atoms with Crippen molar-refractivity contribution in [3.63, 3.8) is 0 Å². The first kappa shape index (κ1) is 22.0. The normalized spacial score (nSPS) is 14.3. The van der Waals surface area contributed by atoms with Crippen molar-refractivity contribution in [3.05, 3.63) is 120 Å². The summed E-state index contributed by atoms with van der Waals surface area (Å²) in [5, 5.41) is 9.22. The second-order valence-corrected chi connectivity index (χ2v) is 7.92. The predicted molar refractivity (Wildman–Crippen MR) is 134 cm³/mol. The van der Waals surface area contributed by atoms with Gasteiger partial charge in [-0.05, 0) is 78.4 Å². The van der Waals surface area contributed by atoms with E-state index in [4.69, 9.17) is 9.15 Å². The Bertz CT molecular complexity index is 1450. The Labute approximate surface area is 202 Å². The zero-order valence-electron chi connectivity index (χ0n) is 18.8. The zero-order valence-corrected chi connectivity index (χ0v) is 18.8.